The second-order valence-corrected chi connectivity index (χ2v) is 9.18. The fraction of sp³-hybridized carbons (Fsp3) is 0.0968. The summed E-state index contributed by atoms with van der Waals surface area (Å²) in [5.41, 5.74) is 4.10. The quantitative estimate of drug-likeness (QED) is 0.292. The van der Waals surface area contributed by atoms with E-state index in [9.17, 15) is 14.4 Å². The van der Waals surface area contributed by atoms with Crippen LogP contribution in [0.25, 0.3) is 10.9 Å². The normalized spacial score (nSPS) is 12.2. The van der Waals surface area contributed by atoms with Gasteiger partial charge in [-0.05, 0) is 41.5 Å². The molecule has 0 radical (unpaired) electrons. The van der Waals surface area contributed by atoms with Crippen LogP contribution in [0.5, 0.6) is 5.75 Å². The van der Waals surface area contributed by atoms with Crippen molar-refractivity contribution in [2.45, 2.75) is 13.2 Å². The monoisotopic (exact) mass is 517 g/mol. The van der Waals surface area contributed by atoms with Crippen LogP contribution in [0.2, 0.25) is 0 Å². The molecule has 8 nitrogen and oxygen atoms in total. The largest absolute Gasteiger partial charge is 0.489 e. The predicted molar refractivity (Wildman–Crippen MR) is 145 cm³/mol. The Kier molecular flexibility index (Phi) is 6.44. The summed E-state index contributed by atoms with van der Waals surface area (Å²) in [5, 5.41) is 10.6. The number of nitrogens with one attached hydrogen (secondary N) is 2. The molecule has 39 heavy (non-hydrogen) atoms. The van der Waals surface area contributed by atoms with E-state index in [2.05, 4.69) is 15.5 Å². The molecule has 1 heterocycles. The first-order chi connectivity index (χ1) is 19.1. The average Bonchev–Trinajstić information content (AvgIpc) is 3.37. The number of anilines is 1. The van der Waals surface area contributed by atoms with Gasteiger partial charge in [0.25, 0.3) is 5.91 Å². The smallest absolute Gasteiger partial charge is 0.251 e. The van der Waals surface area contributed by atoms with Crippen molar-refractivity contribution >= 4 is 34.2 Å². The van der Waals surface area contributed by atoms with Gasteiger partial charge in [0.1, 0.15) is 19.0 Å². The number of nitrogens with zero attached hydrogens (tertiary/aromatic N) is 1. The molecule has 5 aromatic rings. The van der Waals surface area contributed by atoms with Gasteiger partial charge in [0.2, 0.25) is 0 Å². The Morgan fingerprint density at radius 1 is 0.744 bits per heavy atom. The summed E-state index contributed by atoms with van der Waals surface area (Å²) in [6.45, 7) is 0.417. The topological polar surface area (TPSA) is 110 Å². The molecule has 1 aliphatic carbocycles. The number of amides is 1. The number of ketones is 2. The van der Waals surface area contributed by atoms with Crippen molar-refractivity contribution in [3.63, 3.8) is 0 Å². The fourth-order valence-corrected chi connectivity index (χ4v) is 4.59. The maximum absolute atomic E-state index is 13.0. The van der Waals surface area contributed by atoms with Crippen molar-refractivity contribution in [2.24, 2.45) is 0 Å². The highest BCUT2D eigenvalue weighted by Gasteiger charge is 2.29. The Morgan fingerprint density at radius 3 is 2.26 bits per heavy atom. The number of hydrogen-bond acceptors (Lipinski definition) is 6. The van der Waals surface area contributed by atoms with Gasteiger partial charge in [-0.1, -0.05) is 60.7 Å². The third-order valence-electron chi connectivity index (χ3n) is 6.53. The van der Waals surface area contributed by atoms with Crippen LogP contribution in [0, 0.1) is 0 Å². The standard InChI is InChI=1S/C31H23N3O5/c35-28(18-38-16-19-6-2-1-3-7-19)32-31-26-15-21(11-13-27(26)33-34-31)39-17-20-10-12-24-25(14-20)30(37)23-9-5-4-8-22(23)29(24)36/h1-15H,16-18H2,(H2,32,33,34,35). The first-order valence-electron chi connectivity index (χ1n) is 12.4. The van der Waals surface area contributed by atoms with Gasteiger partial charge in [0.05, 0.1) is 12.1 Å². The molecule has 8 heteroatoms. The number of aromatic nitrogens is 2. The van der Waals surface area contributed by atoms with Gasteiger partial charge in [0, 0.05) is 27.6 Å². The SMILES string of the molecule is O=C(COCc1ccccc1)Nc1n[nH]c2ccc(OCc3ccc4c(c3)C(=O)c3ccccc3C4=O)cc12. The van der Waals surface area contributed by atoms with Crippen LogP contribution in [0.4, 0.5) is 5.82 Å². The number of aromatic amines is 1. The Morgan fingerprint density at radius 2 is 1.46 bits per heavy atom. The molecule has 1 amide bonds. The number of benzene rings is 4. The molecular weight excluding hydrogens is 494 g/mol. The maximum Gasteiger partial charge on any atom is 0.251 e. The highest BCUT2D eigenvalue weighted by Crippen LogP contribution is 2.29. The number of carbonyl (C=O) groups is 3. The van der Waals surface area contributed by atoms with E-state index in [1.165, 1.54) is 0 Å². The van der Waals surface area contributed by atoms with Crippen LogP contribution in [0.1, 0.15) is 43.0 Å². The molecule has 0 spiro atoms. The number of rotatable bonds is 8. The van der Waals surface area contributed by atoms with Crippen molar-refractivity contribution in [3.8, 4) is 5.75 Å². The third kappa shape index (κ3) is 4.93. The molecule has 6 rings (SSSR count). The molecule has 0 aliphatic heterocycles. The summed E-state index contributed by atoms with van der Waals surface area (Å²) in [6.07, 6.45) is 0. The lowest BCUT2D eigenvalue weighted by molar-refractivity contribution is -0.121. The minimum absolute atomic E-state index is 0.108. The van der Waals surface area contributed by atoms with Crippen LogP contribution >= 0.6 is 0 Å². The molecule has 1 aromatic heterocycles. The molecule has 0 bridgehead atoms. The molecule has 0 atom stereocenters. The first-order valence-corrected chi connectivity index (χ1v) is 12.4. The zero-order valence-electron chi connectivity index (χ0n) is 20.8. The van der Waals surface area contributed by atoms with Crippen molar-refractivity contribution in [3.05, 3.63) is 124 Å². The number of carbonyl (C=O) groups excluding carboxylic acids is 3. The fourth-order valence-electron chi connectivity index (χ4n) is 4.59. The van der Waals surface area contributed by atoms with E-state index in [4.69, 9.17) is 9.47 Å². The Hall–Kier alpha value is -5.08. The van der Waals surface area contributed by atoms with Crippen LogP contribution < -0.4 is 10.1 Å². The molecular formula is C31H23N3O5. The van der Waals surface area contributed by atoms with Gasteiger partial charge in [-0.2, -0.15) is 5.10 Å². The lowest BCUT2D eigenvalue weighted by Gasteiger charge is -2.18. The Balaban J connectivity index is 1.12. The zero-order valence-corrected chi connectivity index (χ0v) is 20.8. The Labute approximate surface area is 223 Å². The Bertz CT molecular complexity index is 1730. The number of ether oxygens (including phenoxy) is 2. The molecule has 4 aromatic carbocycles. The summed E-state index contributed by atoms with van der Waals surface area (Å²) in [5.74, 6) is 0.291. The van der Waals surface area contributed by atoms with E-state index in [1.54, 1.807) is 54.6 Å². The highest BCUT2D eigenvalue weighted by molar-refractivity contribution is 6.28. The van der Waals surface area contributed by atoms with Crippen LogP contribution in [-0.2, 0) is 22.7 Å². The van der Waals surface area contributed by atoms with Gasteiger partial charge < -0.3 is 14.8 Å². The van der Waals surface area contributed by atoms with E-state index in [-0.39, 0.29) is 30.7 Å². The van der Waals surface area contributed by atoms with Gasteiger partial charge in [-0.3, -0.25) is 19.5 Å². The predicted octanol–water partition coefficient (Wildman–Crippen LogP) is 5.07. The van der Waals surface area contributed by atoms with E-state index in [1.807, 2.05) is 36.4 Å². The van der Waals surface area contributed by atoms with Crippen molar-refractivity contribution in [1.29, 1.82) is 0 Å². The molecule has 0 fully saturated rings. The van der Waals surface area contributed by atoms with Crippen LogP contribution in [-0.4, -0.2) is 34.3 Å². The summed E-state index contributed by atoms with van der Waals surface area (Å²) >= 11 is 0. The van der Waals surface area contributed by atoms with Crippen LogP contribution in [0.3, 0.4) is 0 Å². The first kappa shape index (κ1) is 24.3. The van der Waals surface area contributed by atoms with E-state index >= 15 is 0 Å². The number of hydrogen-bond donors (Lipinski definition) is 2. The summed E-state index contributed by atoms with van der Waals surface area (Å²) in [7, 11) is 0. The molecule has 0 saturated carbocycles. The third-order valence-corrected chi connectivity index (χ3v) is 6.53. The van der Waals surface area contributed by atoms with Crippen molar-refractivity contribution in [1.82, 2.24) is 10.2 Å². The van der Waals surface area contributed by atoms with Gasteiger partial charge in [-0.25, -0.2) is 0 Å². The van der Waals surface area contributed by atoms with Crippen LogP contribution in [0.15, 0.2) is 91.0 Å². The maximum atomic E-state index is 13.0. The van der Waals surface area contributed by atoms with E-state index < -0.39 is 0 Å². The average molecular weight is 518 g/mol. The minimum atomic E-state index is -0.319. The number of H-pyrrole nitrogens is 1. The zero-order chi connectivity index (χ0) is 26.8. The molecule has 2 N–H and O–H groups in total. The van der Waals surface area contributed by atoms with Gasteiger partial charge >= 0.3 is 0 Å². The van der Waals surface area contributed by atoms with Gasteiger partial charge in [-0.15, -0.1) is 0 Å². The molecule has 1 aliphatic rings. The van der Waals surface area contributed by atoms with E-state index in [0.717, 1.165) is 16.6 Å². The van der Waals surface area contributed by atoms with Crippen molar-refractivity contribution in [2.75, 3.05) is 11.9 Å². The molecule has 0 saturated heterocycles. The highest BCUT2D eigenvalue weighted by atomic mass is 16.5. The molecule has 0 unspecified atom stereocenters. The lowest BCUT2D eigenvalue weighted by atomic mass is 9.83. The summed E-state index contributed by atoms with van der Waals surface area (Å²) in [4.78, 5) is 38.3. The second-order valence-electron chi connectivity index (χ2n) is 9.18. The summed E-state index contributed by atoms with van der Waals surface area (Å²) < 4.78 is 11.5. The van der Waals surface area contributed by atoms with Crippen molar-refractivity contribution < 1.29 is 23.9 Å². The molecule has 192 valence electrons. The lowest BCUT2D eigenvalue weighted by Crippen LogP contribution is -2.21. The van der Waals surface area contributed by atoms with Gasteiger partial charge in [0.15, 0.2) is 17.4 Å². The minimum Gasteiger partial charge on any atom is -0.489 e. The number of fused-ring (bicyclic) bond motifs is 3. The second kappa shape index (κ2) is 10.4. The summed E-state index contributed by atoms with van der Waals surface area (Å²) in [6, 6.07) is 27.0. The van der Waals surface area contributed by atoms with E-state index in [0.29, 0.717) is 45.8 Å².